The molecule has 0 bridgehead atoms. The van der Waals surface area contributed by atoms with Crippen LogP contribution in [-0.2, 0) is 13.7 Å². The Hall–Kier alpha value is -1.95. The Labute approximate surface area is 96.1 Å². The van der Waals surface area contributed by atoms with Crippen molar-refractivity contribution in [1.82, 2.24) is 14.5 Å². The van der Waals surface area contributed by atoms with Gasteiger partial charge in [-0.3, -0.25) is 9.36 Å². The van der Waals surface area contributed by atoms with Crippen molar-refractivity contribution < 1.29 is 4.39 Å². The molecule has 1 aromatic carbocycles. The van der Waals surface area contributed by atoms with Crippen LogP contribution in [0.3, 0.4) is 0 Å². The zero-order valence-corrected chi connectivity index (χ0v) is 9.53. The van der Waals surface area contributed by atoms with Crippen LogP contribution >= 0.6 is 0 Å². The van der Waals surface area contributed by atoms with E-state index in [1.165, 1.54) is 25.2 Å². The van der Waals surface area contributed by atoms with Gasteiger partial charge in [-0.15, -0.1) is 0 Å². The largest absolute Gasteiger partial charge is 0.332 e. The van der Waals surface area contributed by atoms with Crippen molar-refractivity contribution in [3.05, 3.63) is 44.9 Å². The van der Waals surface area contributed by atoms with Crippen molar-refractivity contribution in [1.29, 1.82) is 0 Å². The highest BCUT2D eigenvalue weighted by Crippen LogP contribution is 2.11. The van der Waals surface area contributed by atoms with Crippen molar-refractivity contribution in [2.75, 3.05) is 7.05 Å². The summed E-state index contributed by atoms with van der Waals surface area (Å²) < 4.78 is 15.8. The molecule has 5 nitrogen and oxygen atoms in total. The Balaban J connectivity index is 3.01. The van der Waals surface area contributed by atoms with E-state index < -0.39 is 17.1 Å². The van der Waals surface area contributed by atoms with E-state index in [2.05, 4.69) is 5.32 Å². The summed E-state index contributed by atoms with van der Waals surface area (Å²) in [5, 5.41) is 2.92. The van der Waals surface area contributed by atoms with Gasteiger partial charge in [0.15, 0.2) is 0 Å². The van der Waals surface area contributed by atoms with E-state index in [0.29, 0.717) is 0 Å². The summed E-state index contributed by atoms with van der Waals surface area (Å²) in [6.07, 6.45) is 0. The second kappa shape index (κ2) is 4.14. The predicted molar refractivity (Wildman–Crippen MR) is 62.5 cm³/mol. The number of hydrogen-bond donors (Lipinski definition) is 1. The van der Waals surface area contributed by atoms with Crippen LogP contribution in [0.5, 0.6) is 0 Å². The van der Waals surface area contributed by atoms with E-state index in [1.807, 2.05) is 0 Å². The minimum absolute atomic E-state index is 0.0369. The molecule has 0 amide bonds. The van der Waals surface area contributed by atoms with Crippen LogP contribution in [0.15, 0.2) is 27.8 Å². The molecular formula is C11H12FN3O2. The lowest BCUT2D eigenvalue weighted by molar-refractivity contribution is 0.547. The van der Waals surface area contributed by atoms with E-state index in [1.54, 1.807) is 7.05 Å². The van der Waals surface area contributed by atoms with Gasteiger partial charge in [-0.1, -0.05) is 6.07 Å². The minimum atomic E-state index is -0.573. The summed E-state index contributed by atoms with van der Waals surface area (Å²) in [5.41, 5.74) is -0.992. The molecule has 1 N–H and O–H groups in total. The first-order valence-corrected chi connectivity index (χ1v) is 5.10. The third kappa shape index (κ3) is 1.66. The number of fused-ring (bicyclic) bond motifs is 1. The fourth-order valence-electron chi connectivity index (χ4n) is 1.84. The maximum absolute atomic E-state index is 13.6. The summed E-state index contributed by atoms with van der Waals surface area (Å²) >= 11 is 0. The van der Waals surface area contributed by atoms with Gasteiger partial charge in [0.2, 0.25) is 0 Å². The first kappa shape index (κ1) is 11.5. The standard InChI is InChI=1S/C11H12FN3O2/c1-13-6-15-10(16)7-4-3-5-8(12)9(7)14(2)11(15)17/h3-5,13H,6H2,1-2H3. The number of rotatable bonds is 2. The fourth-order valence-corrected chi connectivity index (χ4v) is 1.84. The Morgan fingerprint density at radius 1 is 1.35 bits per heavy atom. The molecule has 0 aliphatic heterocycles. The summed E-state index contributed by atoms with van der Waals surface area (Å²) in [6.45, 7) is 0.0952. The van der Waals surface area contributed by atoms with E-state index >= 15 is 0 Å². The maximum atomic E-state index is 13.6. The summed E-state index contributed by atoms with van der Waals surface area (Å²) in [6, 6.07) is 4.18. The van der Waals surface area contributed by atoms with Crippen LogP contribution in [0.25, 0.3) is 10.9 Å². The molecule has 0 saturated carbocycles. The predicted octanol–water partition coefficient (Wildman–Crippen LogP) is 0.0162. The summed E-state index contributed by atoms with van der Waals surface area (Å²) in [5.74, 6) is -0.573. The van der Waals surface area contributed by atoms with E-state index in [0.717, 1.165) is 9.13 Å². The van der Waals surface area contributed by atoms with E-state index in [4.69, 9.17) is 0 Å². The third-order valence-electron chi connectivity index (χ3n) is 2.63. The molecule has 0 aliphatic carbocycles. The van der Waals surface area contributed by atoms with Crippen LogP contribution in [0.2, 0.25) is 0 Å². The average molecular weight is 237 g/mol. The van der Waals surface area contributed by atoms with Crippen LogP contribution < -0.4 is 16.6 Å². The molecular weight excluding hydrogens is 225 g/mol. The quantitative estimate of drug-likeness (QED) is 0.801. The molecule has 0 spiro atoms. The second-order valence-corrected chi connectivity index (χ2v) is 3.72. The lowest BCUT2D eigenvalue weighted by Gasteiger charge is -2.10. The zero-order chi connectivity index (χ0) is 12.6. The van der Waals surface area contributed by atoms with Gasteiger partial charge in [-0.2, -0.15) is 0 Å². The molecule has 2 rings (SSSR count). The van der Waals surface area contributed by atoms with Gasteiger partial charge in [0.1, 0.15) is 5.82 Å². The van der Waals surface area contributed by atoms with Crippen LogP contribution in [0.4, 0.5) is 4.39 Å². The number of para-hydroxylation sites is 1. The zero-order valence-electron chi connectivity index (χ0n) is 9.53. The highest BCUT2D eigenvalue weighted by molar-refractivity contribution is 5.78. The topological polar surface area (TPSA) is 56.0 Å². The SMILES string of the molecule is CNCn1c(=O)c2cccc(F)c2n(C)c1=O. The van der Waals surface area contributed by atoms with Crippen molar-refractivity contribution >= 4 is 10.9 Å². The van der Waals surface area contributed by atoms with Crippen LogP contribution in [0, 0.1) is 5.82 Å². The van der Waals surface area contributed by atoms with Crippen molar-refractivity contribution in [3.63, 3.8) is 0 Å². The molecule has 6 heteroatoms. The first-order chi connectivity index (χ1) is 8.07. The number of nitrogens with zero attached hydrogens (tertiary/aromatic N) is 2. The molecule has 0 atom stereocenters. The van der Waals surface area contributed by atoms with Crippen LogP contribution in [0.1, 0.15) is 0 Å². The molecule has 0 fully saturated rings. The van der Waals surface area contributed by atoms with Gasteiger partial charge in [0.25, 0.3) is 5.56 Å². The molecule has 1 heterocycles. The Morgan fingerprint density at radius 3 is 2.71 bits per heavy atom. The summed E-state index contributed by atoms with van der Waals surface area (Å²) in [4.78, 5) is 23.9. The molecule has 2 aromatic rings. The lowest BCUT2D eigenvalue weighted by Crippen LogP contribution is -2.42. The molecule has 1 aromatic heterocycles. The van der Waals surface area contributed by atoms with Crippen molar-refractivity contribution in [3.8, 4) is 0 Å². The van der Waals surface area contributed by atoms with Gasteiger partial charge < -0.3 is 5.32 Å². The number of nitrogens with one attached hydrogen (secondary N) is 1. The fraction of sp³-hybridized carbons (Fsp3) is 0.273. The molecule has 0 aliphatic rings. The summed E-state index contributed by atoms with van der Waals surface area (Å²) in [7, 11) is 3.07. The van der Waals surface area contributed by atoms with Gasteiger partial charge in [-0.05, 0) is 19.2 Å². The van der Waals surface area contributed by atoms with Gasteiger partial charge in [0, 0.05) is 7.05 Å². The Morgan fingerprint density at radius 2 is 2.06 bits per heavy atom. The smallest absolute Gasteiger partial charge is 0.302 e. The van der Waals surface area contributed by atoms with Gasteiger partial charge >= 0.3 is 5.69 Å². The average Bonchev–Trinajstić information content (AvgIpc) is 2.31. The van der Waals surface area contributed by atoms with Gasteiger partial charge in [0.05, 0.1) is 17.6 Å². The molecule has 0 saturated heterocycles. The number of hydrogen-bond acceptors (Lipinski definition) is 3. The van der Waals surface area contributed by atoms with Gasteiger partial charge in [-0.25, -0.2) is 13.8 Å². The van der Waals surface area contributed by atoms with Crippen molar-refractivity contribution in [2.24, 2.45) is 7.05 Å². The first-order valence-electron chi connectivity index (χ1n) is 5.10. The molecule has 17 heavy (non-hydrogen) atoms. The van der Waals surface area contributed by atoms with Crippen molar-refractivity contribution in [2.45, 2.75) is 6.67 Å². The highest BCUT2D eigenvalue weighted by atomic mass is 19.1. The molecule has 90 valence electrons. The molecule has 0 radical (unpaired) electrons. The second-order valence-electron chi connectivity index (χ2n) is 3.72. The molecule has 0 unspecified atom stereocenters. The third-order valence-corrected chi connectivity index (χ3v) is 2.63. The lowest BCUT2D eigenvalue weighted by atomic mass is 10.2. The monoisotopic (exact) mass is 237 g/mol. The highest BCUT2D eigenvalue weighted by Gasteiger charge is 2.12. The maximum Gasteiger partial charge on any atom is 0.332 e. The Kier molecular flexibility index (Phi) is 2.81. The number of aromatic nitrogens is 2. The Bertz CT molecular complexity index is 687. The van der Waals surface area contributed by atoms with Crippen LogP contribution in [-0.4, -0.2) is 16.2 Å². The van der Waals surface area contributed by atoms with E-state index in [9.17, 15) is 14.0 Å². The number of halogens is 1. The normalized spacial score (nSPS) is 11.0. The minimum Gasteiger partial charge on any atom is -0.302 e. The van der Waals surface area contributed by atoms with E-state index in [-0.39, 0.29) is 17.6 Å². The number of aryl methyl sites for hydroxylation is 1. The number of benzene rings is 1.